The van der Waals surface area contributed by atoms with Crippen LogP contribution in [0.5, 0.6) is 0 Å². The molecule has 0 heterocycles. The summed E-state index contributed by atoms with van der Waals surface area (Å²) in [5.74, 6) is 0.0536. The number of ketones is 1. The van der Waals surface area contributed by atoms with Crippen LogP contribution in [0.1, 0.15) is 53.6 Å². The van der Waals surface area contributed by atoms with E-state index in [9.17, 15) is 9.90 Å². The molecule has 2 nitrogen and oxygen atoms in total. The zero-order valence-electron chi connectivity index (χ0n) is 11.3. The van der Waals surface area contributed by atoms with Gasteiger partial charge in [-0.15, -0.1) is 0 Å². The summed E-state index contributed by atoms with van der Waals surface area (Å²) < 4.78 is 0. The van der Waals surface area contributed by atoms with Gasteiger partial charge in [-0.3, -0.25) is 4.79 Å². The van der Waals surface area contributed by atoms with Gasteiger partial charge in [0, 0.05) is 5.56 Å². The minimum Gasteiger partial charge on any atom is -0.385 e. The Morgan fingerprint density at radius 1 is 1.17 bits per heavy atom. The molecule has 1 aromatic carbocycles. The van der Waals surface area contributed by atoms with Crippen LogP contribution in [0.2, 0.25) is 0 Å². The third kappa shape index (κ3) is 2.81. The minimum absolute atomic E-state index is 0.106. The summed E-state index contributed by atoms with van der Waals surface area (Å²) in [6.07, 6.45) is 4.67. The van der Waals surface area contributed by atoms with Crippen LogP contribution in [-0.4, -0.2) is 17.0 Å². The van der Waals surface area contributed by atoms with Crippen LogP contribution in [0.3, 0.4) is 0 Å². The topological polar surface area (TPSA) is 37.3 Å². The summed E-state index contributed by atoms with van der Waals surface area (Å²) in [7, 11) is 0. The number of rotatable bonds is 3. The van der Waals surface area contributed by atoms with Crippen LogP contribution < -0.4 is 0 Å². The largest absolute Gasteiger partial charge is 0.385 e. The highest BCUT2D eigenvalue weighted by Crippen LogP contribution is 2.28. The Labute approximate surface area is 109 Å². The quantitative estimate of drug-likeness (QED) is 0.830. The first-order valence-corrected chi connectivity index (χ1v) is 6.89. The predicted molar refractivity (Wildman–Crippen MR) is 72.8 cm³/mol. The van der Waals surface area contributed by atoms with E-state index in [4.69, 9.17) is 0 Å². The smallest absolute Gasteiger partial charge is 0.191 e. The highest BCUT2D eigenvalue weighted by atomic mass is 16.3. The van der Waals surface area contributed by atoms with Gasteiger partial charge in [0.25, 0.3) is 0 Å². The molecule has 98 valence electrons. The molecular formula is C16H22O2. The van der Waals surface area contributed by atoms with Crippen LogP contribution >= 0.6 is 0 Å². The molecular weight excluding hydrogens is 224 g/mol. The number of aliphatic hydroxyl groups is 1. The first-order chi connectivity index (χ1) is 8.59. The summed E-state index contributed by atoms with van der Waals surface area (Å²) in [5, 5.41) is 10.2. The molecule has 1 atom stereocenters. The second-order valence-corrected chi connectivity index (χ2v) is 5.51. The molecule has 0 bridgehead atoms. The van der Waals surface area contributed by atoms with Crippen molar-refractivity contribution in [3.8, 4) is 0 Å². The van der Waals surface area contributed by atoms with Crippen LogP contribution in [0.25, 0.3) is 0 Å². The Hall–Kier alpha value is -1.15. The molecule has 1 saturated carbocycles. The molecule has 0 aliphatic heterocycles. The molecule has 0 aromatic heterocycles. The molecule has 0 radical (unpaired) electrons. The maximum atomic E-state index is 12.3. The van der Waals surface area contributed by atoms with E-state index in [1.807, 2.05) is 32.0 Å². The Balaban J connectivity index is 2.11. The summed E-state index contributed by atoms with van der Waals surface area (Å²) in [4.78, 5) is 12.3. The normalized spacial score (nSPS) is 18.6. The molecule has 0 saturated heterocycles. The molecule has 1 aromatic rings. The van der Waals surface area contributed by atoms with Crippen LogP contribution in [0.4, 0.5) is 0 Å². The summed E-state index contributed by atoms with van der Waals surface area (Å²) >= 11 is 0. The van der Waals surface area contributed by atoms with Gasteiger partial charge in [0.05, 0.1) is 0 Å². The number of benzene rings is 1. The van der Waals surface area contributed by atoms with E-state index in [1.54, 1.807) is 0 Å². The standard InChI is InChI=1S/C16H22O2/c1-11-8-9-14(10-12(11)2)16(18)15(17)13-6-4-3-5-7-13/h8-10,13,15,17H,3-7H2,1-2H3. The van der Waals surface area contributed by atoms with E-state index >= 15 is 0 Å². The molecule has 1 N–H and O–H groups in total. The van der Waals surface area contributed by atoms with Gasteiger partial charge in [0.2, 0.25) is 0 Å². The van der Waals surface area contributed by atoms with Crippen molar-refractivity contribution >= 4 is 5.78 Å². The van der Waals surface area contributed by atoms with Crippen molar-refractivity contribution in [3.05, 3.63) is 34.9 Å². The van der Waals surface area contributed by atoms with Crippen LogP contribution in [0, 0.1) is 19.8 Å². The van der Waals surface area contributed by atoms with Crippen molar-refractivity contribution in [2.75, 3.05) is 0 Å². The average Bonchev–Trinajstić information content (AvgIpc) is 2.41. The van der Waals surface area contributed by atoms with E-state index in [-0.39, 0.29) is 11.7 Å². The molecule has 1 unspecified atom stereocenters. The third-order valence-electron chi connectivity index (χ3n) is 4.16. The van der Waals surface area contributed by atoms with Crippen molar-refractivity contribution in [1.82, 2.24) is 0 Å². The molecule has 1 fully saturated rings. The Morgan fingerprint density at radius 2 is 1.83 bits per heavy atom. The van der Waals surface area contributed by atoms with Gasteiger partial charge in [-0.2, -0.15) is 0 Å². The fourth-order valence-electron chi connectivity index (χ4n) is 2.73. The first-order valence-electron chi connectivity index (χ1n) is 6.89. The molecule has 2 rings (SSSR count). The number of hydrogen-bond donors (Lipinski definition) is 1. The number of Topliss-reactive ketones (excluding diaryl/α,β-unsaturated/α-hetero) is 1. The van der Waals surface area contributed by atoms with E-state index in [2.05, 4.69) is 0 Å². The molecule has 0 amide bonds. The van der Waals surface area contributed by atoms with Gasteiger partial charge >= 0.3 is 0 Å². The van der Waals surface area contributed by atoms with E-state index < -0.39 is 6.10 Å². The first kappa shape index (κ1) is 13.3. The molecule has 1 aliphatic rings. The second kappa shape index (κ2) is 5.66. The minimum atomic E-state index is -0.813. The van der Waals surface area contributed by atoms with Gasteiger partial charge in [0.1, 0.15) is 6.10 Å². The predicted octanol–water partition coefficient (Wildman–Crippen LogP) is 3.43. The van der Waals surface area contributed by atoms with E-state index in [1.165, 1.54) is 12.0 Å². The van der Waals surface area contributed by atoms with Gasteiger partial charge < -0.3 is 5.11 Å². The second-order valence-electron chi connectivity index (χ2n) is 5.51. The zero-order valence-corrected chi connectivity index (χ0v) is 11.3. The lowest BCUT2D eigenvalue weighted by Crippen LogP contribution is -2.31. The number of carbonyl (C=O) groups is 1. The van der Waals surface area contributed by atoms with Gasteiger partial charge in [-0.25, -0.2) is 0 Å². The fraction of sp³-hybridized carbons (Fsp3) is 0.562. The van der Waals surface area contributed by atoms with Crippen molar-refractivity contribution in [3.63, 3.8) is 0 Å². The molecule has 18 heavy (non-hydrogen) atoms. The Bertz CT molecular complexity index is 431. The van der Waals surface area contributed by atoms with Crippen LogP contribution in [0.15, 0.2) is 18.2 Å². The van der Waals surface area contributed by atoms with Crippen molar-refractivity contribution < 1.29 is 9.90 Å². The summed E-state index contributed by atoms with van der Waals surface area (Å²) in [5.41, 5.74) is 2.94. The fourth-order valence-corrected chi connectivity index (χ4v) is 2.73. The van der Waals surface area contributed by atoms with Crippen molar-refractivity contribution in [1.29, 1.82) is 0 Å². The maximum Gasteiger partial charge on any atom is 0.191 e. The Kier molecular flexibility index (Phi) is 4.18. The number of hydrogen-bond acceptors (Lipinski definition) is 2. The third-order valence-corrected chi connectivity index (χ3v) is 4.16. The maximum absolute atomic E-state index is 12.3. The summed E-state index contributed by atoms with van der Waals surface area (Å²) in [6, 6.07) is 5.68. The monoisotopic (exact) mass is 246 g/mol. The van der Waals surface area contributed by atoms with Gasteiger partial charge in [0.15, 0.2) is 5.78 Å². The van der Waals surface area contributed by atoms with Crippen molar-refractivity contribution in [2.24, 2.45) is 5.92 Å². The van der Waals surface area contributed by atoms with Crippen molar-refractivity contribution in [2.45, 2.75) is 52.1 Å². The number of aliphatic hydroxyl groups excluding tert-OH is 1. The average molecular weight is 246 g/mol. The SMILES string of the molecule is Cc1ccc(C(=O)C(O)C2CCCCC2)cc1C. The number of carbonyl (C=O) groups excluding carboxylic acids is 1. The lowest BCUT2D eigenvalue weighted by molar-refractivity contribution is 0.0534. The highest BCUT2D eigenvalue weighted by Gasteiger charge is 2.28. The van der Waals surface area contributed by atoms with E-state index in [0.717, 1.165) is 31.2 Å². The summed E-state index contributed by atoms with van der Waals surface area (Å²) in [6.45, 7) is 4.03. The lowest BCUT2D eigenvalue weighted by Gasteiger charge is -2.25. The highest BCUT2D eigenvalue weighted by molar-refractivity contribution is 5.99. The Morgan fingerprint density at radius 3 is 2.44 bits per heavy atom. The molecule has 1 aliphatic carbocycles. The van der Waals surface area contributed by atoms with Crippen LogP contribution in [-0.2, 0) is 0 Å². The number of aryl methyl sites for hydroxylation is 2. The van der Waals surface area contributed by atoms with E-state index in [0.29, 0.717) is 5.56 Å². The van der Waals surface area contributed by atoms with Gasteiger partial charge in [-0.1, -0.05) is 31.4 Å². The zero-order chi connectivity index (χ0) is 13.1. The molecule has 0 spiro atoms. The molecule has 2 heteroatoms. The lowest BCUT2D eigenvalue weighted by atomic mass is 9.82. The van der Waals surface area contributed by atoms with Gasteiger partial charge in [-0.05, 0) is 49.8 Å².